The number of nitrogens with one attached hydrogen (secondary N) is 2. The molecule has 0 aromatic carbocycles. The molecule has 19 heavy (non-hydrogen) atoms. The summed E-state index contributed by atoms with van der Waals surface area (Å²) in [7, 11) is 1.32. The van der Waals surface area contributed by atoms with Crippen molar-refractivity contribution in [3.63, 3.8) is 0 Å². The first-order chi connectivity index (χ1) is 8.92. The summed E-state index contributed by atoms with van der Waals surface area (Å²) in [5, 5.41) is 2.88. The van der Waals surface area contributed by atoms with Gasteiger partial charge in [-0.15, -0.1) is 0 Å². The van der Waals surface area contributed by atoms with Crippen LogP contribution < -0.4 is 5.32 Å². The maximum Gasteiger partial charge on any atom is 0.321 e. The summed E-state index contributed by atoms with van der Waals surface area (Å²) in [5.74, 6) is -0.646. The molecule has 1 aliphatic rings. The summed E-state index contributed by atoms with van der Waals surface area (Å²) in [6.07, 6.45) is 4.93. The van der Waals surface area contributed by atoms with Gasteiger partial charge in [-0.05, 0) is 24.5 Å². The minimum Gasteiger partial charge on any atom is -0.468 e. The number of hydrogen-bond donors (Lipinski definition) is 2. The lowest BCUT2D eigenvalue weighted by Gasteiger charge is -2.25. The Labute approximate surface area is 112 Å². The SMILES string of the molecule is COC(=O)C1(C(=O)NCC(C)(C)c2cc[nH]c2)CC1. The van der Waals surface area contributed by atoms with Crippen molar-refractivity contribution in [3.05, 3.63) is 24.0 Å². The third kappa shape index (κ3) is 2.50. The molecular formula is C14H20N2O3. The quantitative estimate of drug-likeness (QED) is 0.623. The first-order valence-corrected chi connectivity index (χ1v) is 6.42. The molecule has 0 atom stereocenters. The molecule has 1 aromatic heterocycles. The molecule has 1 heterocycles. The van der Waals surface area contributed by atoms with Crippen molar-refractivity contribution in [2.75, 3.05) is 13.7 Å². The fourth-order valence-corrected chi connectivity index (χ4v) is 2.16. The van der Waals surface area contributed by atoms with Crippen LogP contribution >= 0.6 is 0 Å². The fourth-order valence-electron chi connectivity index (χ4n) is 2.16. The molecule has 1 saturated carbocycles. The third-order valence-corrected chi connectivity index (χ3v) is 3.83. The molecule has 1 amide bonds. The van der Waals surface area contributed by atoms with Crippen molar-refractivity contribution in [2.24, 2.45) is 5.41 Å². The van der Waals surface area contributed by atoms with E-state index in [1.807, 2.05) is 32.3 Å². The van der Waals surface area contributed by atoms with Crippen LogP contribution in [0.15, 0.2) is 18.5 Å². The highest BCUT2D eigenvalue weighted by Crippen LogP contribution is 2.47. The van der Waals surface area contributed by atoms with Gasteiger partial charge in [-0.2, -0.15) is 0 Å². The number of methoxy groups -OCH3 is 1. The number of hydrogen-bond acceptors (Lipinski definition) is 3. The normalized spacial score (nSPS) is 16.8. The number of amides is 1. The van der Waals surface area contributed by atoms with Gasteiger partial charge < -0.3 is 15.0 Å². The highest BCUT2D eigenvalue weighted by Gasteiger charge is 2.57. The predicted molar refractivity (Wildman–Crippen MR) is 70.5 cm³/mol. The number of esters is 1. The first kappa shape index (κ1) is 13.6. The summed E-state index contributed by atoms with van der Waals surface area (Å²) in [5.41, 5.74) is 0.0147. The largest absolute Gasteiger partial charge is 0.468 e. The summed E-state index contributed by atoms with van der Waals surface area (Å²) in [6.45, 7) is 4.59. The molecular weight excluding hydrogens is 244 g/mol. The zero-order chi connectivity index (χ0) is 14.1. The van der Waals surface area contributed by atoms with Gasteiger partial charge in [-0.1, -0.05) is 13.8 Å². The molecule has 0 radical (unpaired) electrons. The van der Waals surface area contributed by atoms with Crippen LogP contribution in [0.2, 0.25) is 0 Å². The average Bonchev–Trinajstić information content (AvgIpc) is 3.01. The predicted octanol–water partition coefficient (Wildman–Crippen LogP) is 1.36. The molecule has 0 unspecified atom stereocenters. The Morgan fingerprint density at radius 1 is 1.47 bits per heavy atom. The maximum atomic E-state index is 12.1. The van der Waals surface area contributed by atoms with E-state index in [9.17, 15) is 9.59 Å². The smallest absolute Gasteiger partial charge is 0.321 e. The van der Waals surface area contributed by atoms with Crippen LogP contribution in [0.5, 0.6) is 0 Å². The Bertz CT molecular complexity index is 473. The van der Waals surface area contributed by atoms with Gasteiger partial charge in [0.25, 0.3) is 0 Å². The van der Waals surface area contributed by atoms with E-state index in [0.717, 1.165) is 5.56 Å². The molecule has 1 aromatic rings. The Morgan fingerprint density at radius 3 is 2.63 bits per heavy atom. The minimum absolute atomic E-state index is 0.179. The summed E-state index contributed by atoms with van der Waals surface area (Å²) in [6, 6.07) is 1.99. The number of rotatable bonds is 5. The van der Waals surface area contributed by atoms with Crippen molar-refractivity contribution in [2.45, 2.75) is 32.1 Å². The molecule has 0 aliphatic heterocycles. The van der Waals surface area contributed by atoms with E-state index in [0.29, 0.717) is 19.4 Å². The lowest BCUT2D eigenvalue weighted by molar-refractivity contribution is -0.152. The van der Waals surface area contributed by atoms with Crippen molar-refractivity contribution >= 4 is 11.9 Å². The molecule has 0 saturated heterocycles. The highest BCUT2D eigenvalue weighted by molar-refractivity contribution is 6.05. The molecule has 5 nitrogen and oxygen atoms in total. The molecule has 1 aliphatic carbocycles. The molecule has 1 fully saturated rings. The Balaban J connectivity index is 1.96. The van der Waals surface area contributed by atoms with E-state index >= 15 is 0 Å². The van der Waals surface area contributed by atoms with Crippen molar-refractivity contribution in [1.29, 1.82) is 0 Å². The number of H-pyrrole nitrogens is 1. The Kier molecular flexibility index (Phi) is 3.39. The topological polar surface area (TPSA) is 71.2 Å². The van der Waals surface area contributed by atoms with Gasteiger partial charge in [-0.3, -0.25) is 9.59 Å². The van der Waals surface area contributed by atoms with Crippen LogP contribution in [0.25, 0.3) is 0 Å². The van der Waals surface area contributed by atoms with Gasteiger partial charge in [-0.25, -0.2) is 0 Å². The average molecular weight is 264 g/mol. The van der Waals surface area contributed by atoms with Crippen LogP contribution in [-0.4, -0.2) is 30.5 Å². The van der Waals surface area contributed by atoms with Gasteiger partial charge in [0, 0.05) is 24.4 Å². The molecule has 0 bridgehead atoms. The van der Waals surface area contributed by atoms with Crippen molar-refractivity contribution < 1.29 is 14.3 Å². The first-order valence-electron chi connectivity index (χ1n) is 6.42. The second-order valence-electron chi connectivity index (χ2n) is 5.74. The number of carbonyl (C=O) groups is 2. The molecule has 2 rings (SSSR count). The molecule has 0 spiro atoms. The summed E-state index contributed by atoms with van der Waals surface area (Å²) < 4.78 is 4.70. The van der Waals surface area contributed by atoms with Crippen molar-refractivity contribution in [3.8, 4) is 0 Å². The van der Waals surface area contributed by atoms with Gasteiger partial charge >= 0.3 is 5.97 Å². The van der Waals surface area contributed by atoms with Crippen LogP contribution in [0, 0.1) is 5.41 Å². The zero-order valence-electron chi connectivity index (χ0n) is 11.6. The zero-order valence-corrected chi connectivity index (χ0v) is 11.6. The second kappa shape index (κ2) is 4.72. The molecule has 5 heteroatoms. The van der Waals surface area contributed by atoms with E-state index in [1.54, 1.807) is 0 Å². The third-order valence-electron chi connectivity index (χ3n) is 3.83. The monoisotopic (exact) mass is 264 g/mol. The van der Waals surface area contributed by atoms with Gasteiger partial charge in [0.2, 0.25) is 5.91 Å². The van der Waals surface area contributed by atoms with Crippen LogP contribution in [0.1, 0.15) is 32.3 Å². The van der Waals surface area contributed by atoms with Crippen LogP contribution in [0.3, 0.4) is 0 Å². The number of ether oxygens (including phenoxy) is 1. The Morgan fingerprint density at radius 2 is 2.16 bits per heavy atom. The highest BCUT2D eigenvalue weighted by atomic mass is 16.5. The fraction of sp³-hybridized carbons (Fsp3) is 0.571. The van der Waals surface area contributed by atoms with Crippen LogP contribution in [-0.2, 0) is 19.7 Å². The van der Waals surface area contributed by atoms with E-state index in [4.69, 9.17) is 4.74 Å². The van der Waals surface area contributed by atoms with Crippen LogP contribution in [0.4, 0.5) is 0 Å². The van der Waals surface area contributed by atoms with E-state index in [2.05, 4.69) is 10.3 Å². The number of aromatic amines is 1. The lowest BCUT2D eigenvalue weighted by atomic mass is 9.86. The van der Waals surface area contributed by atoms with Gasteiger partial charge in [0.1, 0.15) is 5.41 Å². The Hall–Kier alpha value is -1.78. The van der Waals surface area contributed by atoms with E-state index in [1.165, 1.54) is 7.11 Å². The molecule has 104 valence electrons. The van der Waals surface area contributed by atoms with E-state index in [-0.39, 0.29) is 11.3 Å². The van der Waals surface area contributed by atoms with E-state index < -0.39 is 11.4 Å². The maximum absolute atomic E-state index is 12.1. The van der Waals surface area contributed by atoms with Gasteiger partial charge in [0.05, 0.1) is 7.11 Å². The number of aromatic nitrogens is 1. The van der Waals surface area contributed by atoms with Crippen molar-refractivity contribution in [1.82, 2.24) is 10.3 Å². The summed E-state index contributed by atoms with van der Waals surface area (Å²) >= 11 is 0. The number of carbonyl (C=O) groups excluding carboxylic acids is 2. The van der Waals surface area contributed by atoms with Gasteiger partial charge in [0.15, 0.2) is 0 Å². The lowest BCUT2D eigenvalue weighted by Crippen LogP contribution is -2.43. The minimum atomic E-state index is -0.928. The standard InChI is InChI=1S/C14H20N2O3/c1-13(2,10-4-7-15-8-10)9-16-11(17)14(5-6-14)12(18)19-3/h4,7-8,15H,5-6,9H2,1-3H3,(H,16,17). The summed E-state index contributed by atoms with van der Waals surface area (Å²) in [4.78, 5) is 26.7. The molecule has 2 N–H and O–H groups in total. The second-order valence-corrected chi connectivity index (χ2v) is 5.74.